The van der Waals surface area contributed by atoms with E-state index in [1.54, 1.807) is 7.11 Å². The summed E-state index contributed by atoms with van der Waals surface area (Å²) in [5.74, 6) is -0.0788. The Hall–Kier alpha value is -0.390. The molecule has 0 aliphatic rings. The quantitative estimate of drug-likeness (QED) is 0.771. The van der Waals surface area contributed by atoms with E-state index in [-0.39, 0.29) is 11.9 Å². The van der Waals surface area contributed by atoms with Crippen LogP contribution in [0.5, 0.6) is 0 Å². The molecule has 0 bridgehead atoms. The summed E-state index contributed by atoms with van der Waals surface area (Å²) in [5, 5.41) is 3.80. The van der Waals surface area contributed by atoms with Crippen LogP contribution in [-0.2, 0) is 4.74 Å². The van der Waals surface area contributed by atoms with E-state index in [2.05, 4.69) is 37.2 Å². The minimum absolute atomic E-state index is 0.0232. The van der Waals surface area contributed by atoms with Gasteiger partial charge in [-0.1, -0.05) is 22.0 Å². The number of rotatable bonds is 6. The van der Waals surface area contributed by atoms with Crippen molar-refractivity contribution in [3.8, 4) is 0 Å². The van der Waals surface area contributed by atoms with E-state index in [4.69, 9.17) is 4.74 Å². The molecule has 1 atom stereocenters. The van der Waals surface area contributed by atoms with Crippen molar-refractivity contribution in [1.29, 1.82) is 0 Å². The Kier molecular flexibility index (Phi) is 6.89. The maximum atomic E-state index is 12.1. The second-order valence-corrected chi connectivity index (χ2v) is 5.73. The van der Waals surface area contributed by atoms with Crippen LogP contribution in [0.3, 0.4) is 0 Å². The van der Waals surface area contributed by atoms with E-state index in [0.717, 1.165) is 21.8 Å². The highest BCUT2D eigenvalue weighted by molar-refractivity contribution is 9.10. The molecule has 0 radical (unpaired) electrons. The molecule has 3 nitrogen and oxygen atoms in total. The van der Waals surface area contributed by atoms with E-state index in [1.807, 2.05) is 25.1 Å². The third-order valence-electron chi connectivity index (χ3n) is 2.53. The first-order valence-electron chi connectivity index (χ1n) is 5.70. The van der Waals surface area contributed by atoms with Gasteiger partial charge in [-0.25, -0.2) is 0 Å². The van der Waals surface area contributed by atoms with E-state index in [0.29, 0.717) is 12.2 Å². The van der Waals surface area contributed by atoms with Crippen LogP contribution in [-0.4, -0.2) is 31.0 Å². The molecule has 0 aliphatic carbocycles. The number of alkyl halides is 1. The molecule has 0 spiro atoms. The van der Waals surface area contributed by atoms with Crippen LogP contribution in [0.1, 0.15) is 22.3 Å². The summed E-state index contributed by atoms with van der Waals surface area (Å²) in [7, 11) is 1.63. The van der Waals surface area contributed by atoms with Gasteiger partial charge in [-0.05, 0) is 47.0 Å². The normalized spacial score (nSPS) is 12.2. The largest absolute Gasteiger partial charge is 0.383 e. The highest BCUT2D eigenvalue weighted by atomic mass is 79.9. The molecule has 1 rings (SSSR count). The fourth-order valence-corrected chi connectivity index (χ4v) is 2.82. The van der Waals surface area contributed by atoms with Crippen molar-refractivity contribution >= 4 is 37.8 Å². The maximum absolute atomic E-state index is 12.1. The molecule has 1 amide bonds. The Labute approximate surface area is 125 Å². The van der Waals surface area contributed by atoms with Crippen molar-refractivity contribution in [3.05, 3.63) is 33.8 Å². The Morgan fingerprint density at radius 3 is 2.78 bits per heavy atom. The van der Waals surface area contributed by atoms with Gasteiger partial charge in [0.25, 0.3) is 5.91 Å². The summed E-state index contributed by atoms with van der Waals surface area (Å²) < 4.78 is 5.91. The minimum atomic E-state index is -0.0788. The summed E-state index contributed by atoms with van der Waals surface area (Å²) in [4.78, 5) is 12.1. The molecule has 18 heavy (non-hydrogen) atoms. The SMILES string of the molecule is COCC(CCBr)NC(=O)c1ccc(C)cc1Br. The average molecular weight is 379 g/mol. The van der Waals surface area contributed by atoms with Crippen LogP contribution in [0.25, 0.3) is 0 Å². The van der Waals surface area contributed by atoms with Crippen molar-refractivity contribution in [2.24, 2.45) is 0 Å². The van der Waals surface area contributed by atoms with E-state index < -0.39 is 0 Å². The lowest BCUT2D eigenvalue weighted by molar-refractivity contribution is 0.0894. The summed E-state index contributed by atoms with van der Waals surface area (Å²) >= 11 is 6.79. The second-order valence-electron chi connectivity index (χ2n) is 4.09. The molecule has 1 aromatic rings. The fourth-order valence-electron chi connectivity index (χ4n) is 1.60. The van der Waals surface area contributed by atoms with Crippen molar-refractivity contribution in [2.75, 3.05) is 19.0 Å². The number of benzene rings is 1. The Bertz CT molecular complexity index is 404. The molecule has 100 valence electrons. The smallest absolute Gasteiger partial charge is 0.252 e. The van der Waals surface area contributed by atoms with Gasteiger partial charge < -0.3 is 10.1 Å². The number of nitrogens with one attached hydrogen (secondary N) is 1. The number of methoxy groups -OCH3 is 1. The van der Waals surface area contributed by atoms with Gasteiger partial charge >= 0.3 is 0 Å². The highest BCUT2D eigenvalue weighted by Gasteiger charge is 2.15. The summed E-state index contributed by atoms with van der Waals surface area (Å²) in [6.07, 6.45) is 0.836. The predicted molar refractivity (Wildman–Crippen MR) is 80.4 cm³/mol. The van der Waals surface area contributed by atoms with Gasteiger partial charge in [0.2, 0.25) is 0 Å². The molecule has 0 aliphatic heterocycles. The van der Waals surface area contributed by atoms with Gasteiger partial charge in [0.05, 0.1) is 18.2 Å². The zero-order valence-corrected chi connectivity index (χ0v) is 13.7. The molecule has 1 N–H and O–H groups in total. The van der Waals surface area contributed by atoms with Crippen LogP contribution >= 0.6 is 31.9 Å². The summed E-state index contributed by atoms with van der Waals surface area (Å²) in [6.45, 7) is 2.51. The lowest BCUT2D eigenvalue weighted by Crippen LogP contribution is -2.38. The summed E-state index contributed by atoms with van der Waals surface area (Å²) in [5.41, 5.74) is 1.77. The number of aryl methyl sites for hydroxylation is 1. The molecule has 0 heterocycles. The van der Waals surface area contributed by atoms with Crippen molar-refractivity contribution in [3.63, 3.8) is 0 Å². The molecule has 0 fully saturated rings. The van der Waals surface area contributed by atoms with E-state index in [1.165, 1.54) is 0 Å². The topological polar surface area (TPSA) is 38.3 Å². The molecular weight excluding hydrogens is 362 g/mol. The van der Waals surface area contributed by atoms with Crippen molar-refractivity contribution < 1.29 is 9.53 Å². The van der Waals surface area contributed by atoms with Crippen LogP contribution in [0, 0.1) is 6.92 Å². The number of carbonyl (C=O) groups excluding carboxylic acids is 1. The van der Waals surface area contributed by atoms with Crippen LogP contribution < -0.4 is 5.32 Å². The molecule has 0 saturated carbocycles. The van der Waals surface area contributed by atoms with E-state index >= 15 is 0 Å². The number of hydrogen-bond acceptors (Lipinski definition) is 2. The van der Waals surface area contributed by atoms with Crippen molar-refractivity contribution in [1.82, 2.24) is 5.32 Å². The standard InChI is InChI=1S/C13H17Br2NO2/c1-9-3-4-11(12(15)7-9)13(17)16-10(5-6-14)8-18-2/h3-4,7,10H,5-6,8H2,1-2H3,(H,16,17). The van der Waals surface area contributed by atoms with Crippen LogP contribution in [0.15, 0.2) is 22.7 Å². The Morgan fingerprint density at radius 1 is 1.50 bits per heavy atom. The molecular formula is C13H17Br2NO2. The number of halogens is 2. The molecule has 1 unspecified atom stereocenters. The van der Waals surface area contributed by atoms with Gasteiger partial charge in [-0.2, -0.15) is 0 Å². The number of hydrogen-bond donors (Lipinski definition) is 1. The lowest BCUT2D eigenvalue weighted by atomic mass is 10.1. The zero-order valence-electron chi connectivity index (χ0n) is 10.5. The molecule has 5 heteroatoms. The van der Waals surface area contributed by atoms with Gasteiger partial charge in [0.15, 0.2) is 0 Å². The monoisotopic (exact) mass is 377 g/mol. The Morgan fingerprint density at radius 2 is 2.22 bits per heavy atom. The average Bonchev–Trinajstić information content (AvgIpc) is 2.29. The van der Waals surface area contributed by atoms with Crippen LogP contribution in [0.4, 0.5) is 0 Å². The second kappa shape index (κ2) is 7.92. The van der Waals surface area contributed by atoms with Gasteiger partial charge in [-0.15, -0.1) is 0 Å². The van der Waals surface area contributed by atoms with Crippen LogP contribution in [0.2, 0.25) is 0 Å². The van der Waals surface area contributed by atoms with Gasteiger partial charge in [0, 0.05) is 16.9 Å². The molecule has 0 aromatic heterocycles. The first-order valence-corrected chi connectivity index (χ1v) is 7.61. The third kappa shape index (κ3) is 4.71. The van der Waals surface area contributed by atoms with E-state index in [9.17, 15) is 4.79 Å². The van der Waals surface area contributed by atoms with Crippen molar-refractivity contribution in [2.45, 2.75) is 19.4 Å². The molecule has 1 aromatic carbocycles. The third-order valence-corrected chi connectivity index (χ3v) is 3.64. The maximum Gasteiger partial charge on any atom is 0.252 e. The number of ether oxygens (including phenoxy) is 1. The van der Waals surface area contributed by atoms with Gasteiger partial charge in [-0.3, -0.25) is 4.79 Å². The fraction of sp³-hybridized carbons (Fsp3) is 0.462. The molecule has 0 saturated heterocycles. The van der Waals surface area contributed by atoms with Gasteiger partial charge in [0.1, 0.15) is 0 Å². The first kappa shape index (κ1) is 15.7. The first-order chi connectivity index (χ1) is 8.58. The summed E-state index contributed by atoms with van der Waals surface area (Å²) in [6, 6.07) is 5.71. The predicted octanol–water partition coefficient (Wildman–Crippen LogP) is 3.29. The number of carbonyl (C=O) groups is 1. The highest BCUT2D eigenvalue weighted by Crippen LogP contribution is 2.18. The lowest BCUT2D eigenvalue weighted by Gasteiger charge is -2.17. The number of amides is 1. The zero-order chi connectivity index (χ0) is 13.5. The Balaban J connectivity index is 2.73. The minimum Gasteiger partial charge on any atom is -0.383 e.